The molecule has 0 radical (unpaired) electrons. The highest BCUT2D eigenvalue weighted by Gasteiger charge is 2.22. The van der Waals surface area contributed by atoms with Crippen molar-refractivity contribution in [3.8, 4) is 11.5 Å². The van der Waals surface area contributed by atoms with Crippen molar-refractivity contribution >= 4 is 5.91 Å². The summed E-state index contributed by atoms with van der Waals surface area (Å²) in [5, 5.41) is 0. The topological polar surface area (TPSA) is 56.6 Å². The largest absolute Gasteiger partial charge is 0.454 e. The molecule has 1 aliphatic heterocycles. The molecule has 6 nitrogen and oxygen atoms in total. The molecule has 0 spiro atoms. The van der Waals surface area contributed by atoms with Crippen LogP contribution in [-0.2, 0) is 31.2 Å². The molecule has 1 atom stereocenters. The lowest BCUT2D eigenvalue weighted by molar-refractivity contribution is -0.134. The highest BCUT2D eigenvalue weighted by molar-refractivity contribution is 5.76. The molecule has 0 N–H and O–H groups in total. The van der Waals surface area contributed by atoms with Gasteiger partial charge in [0.25, 0.3) is 0 Å². The minimum absolute atomic E-state index is 0.112. The Labute approximate surface area is 183 Å². The van der Waals surface area contributed by atoms with Crippen LogP contribution >= 0.6 is 0 Å². The van der Waals surface area contributed by atoms with E-state index >= 15 is 0 Å². The normalized spacial score (nSPS) is 13.2. The summed E-state index contributed by atoms with van der Waals surface area (Å²) in [6, 6.07) is 16.4. The fourth-order valence-electron chi connectivity index (χ4n) is 3.86. The summed E-state index contributed by atoms with van der Waals surface area (Å²) in [6.07, 6.45) is 6.65. The van der Waals surface area contributed by atoms with E-state index in [4.69, 9.17) is 9.47 Å². The van der Waals surface area contributed by atoms with Crippen LogP contribution in [0.15, 0.2) is 60.9 Å². The number of aryl methyl sites for hydroxylation is 3. The fourth-order valence-corrected chi connectivity index (χ4v) is 3.86. The Bertz CT molecular complexity index is 1020. The molecule has 6 heteroatoms. The standard InChI is InChI=1S/C25H29N3O3/c1-19(8-9-20-6-4-3-5-7-20)28(17-24-26-14-15-27(24)2)25(29)13-11-21-10-12-22-23(16-21)31-18-30-22/h3-7,10,12,14-16,19H,8-9,11,13,17-18H2,1-2H3/t19-/m0/s1. The Morgan fingerprint density at radius 3 is 2.68 bits per heavy atom. The summed E-state index contributed by atoms with van der Waals surface area (Å²) in [5.74, 6) is 2.55. The van der Waals surface area contributed by atoms with E-state index in [2.05, 4.69) is 36.2 Å². The lowest BCUT2D eigenvalue weighted by atomic mass is 10.0. The molecule has 0 saturated heterocycles. The molecule has 31 heavy (non-hydrogen) atoms. The first-order valence-electron chi connectivity index (χ1n) is 10.8. The SMILES string of the molecule is C[C@@H](CCc1ccccc1)N(Cc1nccn1C)C(=O)CCc1ccc2c(c1)OCO2. The number of nitrogens with zero attached hydrogens (tertiary/aromatic N) is 3. The van der Waals surface area contributed by atoms with Crippen LogP contribution < -0.4 is 9.47 Å². The second-order valence-corrected chi connectivity index (χ2v) is 8.04. The van der Waals surface area contributed by atoms with Gasteiger partial charge >= 0.3 is 0 Å². The van der Waals surface area contributed by atoms with Gasteiger partial charge in [0, 0.05) is 31.9 Å². The first-order chi connectivity index (χ1) is 15.1. The molecule has 2 aromatic carbocycles. The van der Waals surface area contributed by atoms with Gasteiger partial charge < -0.3 is 18.9 Å². The third kappa shape index (κ3) is 5.26. The van der Waals surface area contributed by atoms with Crippen LogP contribution in [0.25, 0.3) is 0 Å². The Hall–Kier alpha value is -3.28. The van der Waals surface area contributed by atoms with E-state index in [1.807, 2.05) is 47.0 Å². The van der Waals surface area contributed by atoms with Gasteiger partial charge in [0.1, 0.15) is 5.82 Å². The molecule has 1 aromatic heterocycles. The minimum atomic E-state index is 0.112. The highest BCUT2D eigenvalue weighted by Crippen LogP contribution is 2.32. The number of carbonyl (C=O) groups is 1. The second-order valence-electron chi connectivity index (χ2n) is 8.04. The number of imidazole rings is 1. The Morgan fingerprint density at radius 2 is 1.90 bits per heavy atom. The van der Waals surface area contributed by atoms with E-state index < -0.39 is 0 Å². The van der Waals surface area contributed by atoms with Crippen LogP contribution in [0.1, 0.15) is 36.7 Å². The van der Waals surface area contributed by atoms with Crippen molar-refractivity contribution in [2.75, 3.05) is 6.79 Å². The Kier molecular flexibility index (Phi) is 6.55. The molecule has 162 valence electrons. The van der Waals surface area contributed by atoms with Gasteiger partial charge in [0.15, 0.2) is 11.5 Å². The van der Waals surface area contributed by atoms with Gasteiger partial charge in [-0.2, -0.15) is 0 Å². The van der Waals surface area contributed by atoms with Gasteiger partial charge in [0.05, 0.1) is 6.54 Å². The van der Waals surface area contributed by atoms with Gasteiger partial charge in [-0.25, -0.2) is 4.98 Å². The van der Waals surface area contributed by atoms with Crippen molar-refractivity contribution in [1.82, 2.24) is 14.5 Å². The number of carbonyl (C=O) groups excluding carboxylic acids is 1. The Morgan fingerprint density at radius 1 is 1.10 bits per heavy atom. The van der Waals surface area contributed by atoms with Crippen LogP contribution in [0.3, 0.4) is 0 Å². The number of hydrogen-bond donors (Lipinski definition) is 0. The predicted octanol–water partition coefficient (Wildman–Crippen LogP) is 4.13. The Balaban J connectivity index is 1.42. The summed E-state index contributed by atoms with van der Waals surface area (Å²) >= 11 is 0. The number of ether oxygens (including phenoxy) is 2. The molecule has 0 bridgehead atoms. The summed E-state index contributed by atoms with van der Waals surface area (Å²) in [5.41, 5.74) is 2.37. The molecule has 0 aliphatic carbocycles. The lowest BCUT2D eigenvalue weighted by Gasteiger charge is -2.29. The smallest absolute Gasteiger partial charge is 0.231 e. The molecule has 2 heterocycles. The van der Waals surface area contributed by atoms with Gasteiger partial charge in [0.2, 0.25) is 12.7 Å². The van der Waals surface area contributed by atoms with Crippen molar-refractivity contribution in [3.63, 3.8) is 0 Å². The third-order valence-electron chi connectivity index (χ3n) is 5.84. The fraction of sp³-hybridized carbons (Fsp3) is 0.360. The molecule has 0 saturated carbocycles. The zero-order valence-corrected chi connectivity index (χ0v) is 18.2. The van der Waals surface area contributed by atoms with Gasteiger partial charge in [-0.3, -0.25) is 4.79 Å². The zero-order valence-electron chi connectivity index (χ0n) is 18.2. The predicted molar refractivity (Wildman–Crippen MR) is 119 cm³/mol. The van der Waals surface area contributed by atoms with Gasteiger partial charge in [-0.1, -0.05) is 36.4 Å². The van der Waals surface area contributed by atoms with Gasteiger partial charge in [-0.15, -0.1) is 0 Å². The number of rotatable bonds is 9. The van der Waals surface area contributed by atoms with Crippen molar-refractivity contribution < 1.29 is 14.3 Å². The molecule has 1 aliphatic rings. The van der Waals surface area contributed by atoms with Crippen molar-refractivity contribution in [2.45, 2.75) is 45.2 Å². The molecule has 0 unspecified atom stereocenters. The number of aromatic nitrogens is 2. The maximum Gasteiger partial charge on any atom is 0.231 e. The van der Waals surface area contributed by atoms with Crippen LogP contribution in [-0.4, -0.2) is 33.2 Å². The van der Waals surface area contributed by atoms with Crippen LogP contribution in [0.2, 0.25) is 0 Å². The van der Waals surface area contributed by atoms with E-state index in [9.17, 15) is 4.79 Å². The maximum absolute atomic E-state index is 13.3. The van der Waals surface area contributed by atoms with E-state index in [0.29, 0.717) is 19.4 Å². The monoisotopic (exact) mass is 419 g/mol. The molecule has 1 amide bonds. The van der Waals surface area contributed by atoms with E-state index in [-0.39, 0.29) is 18.7 Å². The van der Waals surface area contributed by atoms with Crippen LogP contribution in [0, 0.1) is 0 Å². The minimum Gasteiger partial charge on any atom is -0.454 e. The second kappa shape index (κ2) is 9.69. The molecule has 0 fully saturated rings. The number of amides is 1. The average Bonchev–Trinajstić information content (AvgIpc) is 3.43. The first kappa shape index (κ1) is 21.0. The van der Waals surface area contributed by atoms with Crippen molar-refractivity contribution in [1.29, 1.82) is 0 Å². The molecular weight excluding hydrogens is 390 g/mol. The average molecular weight is 420 g/mol. The van der Waals surface area contributed by atoms with Crippen LogP contribution in [0.4, 0.5) is 0 Å². The number of fused-ring (bicyclic) bond motifs is 1. The van der Waals surface area contributed by atoms with E-state index in [1.165, 1.54) is 5.56 Å². The quantitative estimate of drug-likeness (QED) is 0.523. The van der Waals surface area contributed by atoms with Crippen molar-refractivity contribution in [2.24, 2.45) is 7.05 Å². The van der Waals surface area contributed by atoms with E-state index in [0.717, 1.165) is 35.7 Å². The van der Waals surface area contributed by atoms with Gasteiger partial charge in [-0.05, 0) is 49.4 Å². The summed E-state index contributed by atoms with van der Waals surface area (Å²) in [6.45, 7) is 2.90. The van der Waals surface area contributed by atoms with E-state index in [1.54, 1.807) is 6.20 Å². The first-order valence-corrected chi connectivity index (χ1v) is 10.8. The third-order valence-corrected chi connectivity index (χ3v) is 5.84. The van der Waals surface area contributed by atoms with Crippen molar-refractivity contribution in [3.05, 3.63) is 77.9 Å². The number of benzene rings is 2. The zero-order chi connectivity index (χ0) is 21.6. The lowest BCUT2D eigenvalue weighted by Crippen LogP contribution is -2.39. The summed E-state index contributed by atoms with van der Waals surface area (Å²) in [7, 11) is 1.96. The molecular formula is C25H29N3O3. The maximum atomic E-state index is 13.3. The highest BCUT2D eigenvalue weighted by atomic mass is 16.7. The summed E-state index contributed by atoms with van der Waals surface area (Å²) in [4.78, 5) is 19.7. The molecule has 3 aromatic rings. The summed E-state index contributed by atoms with van der Waals surface area (Å²) < 4.78 is 12.8. The molecule has 4 rings (SSSR count). The number of hydrogen-bond acceptors (Lipinski definition) is 4. The van der Waals surface area contributed by atoms with Crippen LogP contribution in [0.5, 0.6) is 11.5 Å².